The van der Waals surface area contributed by atoms with Crippen molar-refractivity contribution < 1.29 is 13.9 Å². The van der Waals surface area contributed by atoms with E-state index in [1.165, 1.54) is 6.21 Å². The van der Waals surface area contributed by atoms with Gasteiger partial charge in [-0.15, -0.1) is 0 Å². The largest absolute Gasteiger partial charge is 0.465 e. The van der Waals surface area contributed by atoms with Crippen molar-refractivity contribution in [2.24, 2.45) is 5.10 Å². The number of esters is 1. The maximum absolute atomic E-state index is 13.0. The lowest BCUT2D eigenvalue weighted by Gasteiger charge is -2.14. The highest BCUT2D eigenvalue weighted by Gasteiger charge is 2.41. The number of hydrazone groups is 1. The number of rotatable bonds is 1. The molecule has 1 unspecified atom stereocenters. The highest BCUT2D eigenvalue weighted by Crippen LogP contribution is 2.16. The van der Waals surface area contributed by atoms with E-state index in [4.69, 9.17) is 0 Å². The predicted octanol–water partition coefficient (Wildman–Crippen LogP) is -0.196. The second kappa shape index (κ2) is 2.24. The monoisotopic (exact) mass is 146 g/mol. The molecule has 0 spiro atoms. The maximum Gasteiger partial charge on any atom is 0.366 e. The van der Waals surface area contributed by atoms with E-state index in [0.29, 0.717) is 0 Å². The van der Waals surface area contributed by atoms with Gasteiger partial charge < -0.3 is 4.74 Å². The Morgan fingerprint density at radius 1 is 2.00 bits per heavy atom. The first kappa shape index (κ1) is 6.98. The molecule has 0 aromatic rings. The summed E-state index contributed by atoms with van der Waals surface area (Å²) in [6.07, 6.45) is 1.22. The minimum absolute atomic E-state index is 0.0698. The van der Waals surface area contributed by atoms with Crippen molar-refractivity contribution in [3.05, 3.63) is 0 Å². The van der Waals surface area contributed by atoms with Crippen molar-refractivity contribution in [2.45, 2.75) is 12.2 Å². The Labute approximate surface area is 57.0 Å². The van der Waals surface area contributed by atoms with Crippen molar-refractivity contribution in [1.82, 2.24) is 5.43 Å². The van der Waals surface area contributed by atoms with Crippen LogP contribution >= 0.6 is 0 Å². The number of carbonyl (C=O) groups excluding carboxylic acids is 1. The smallest absolute Gasteiger partial charge is 0.366 e. The van der Waals surface area contributed by atoms with E-state index in [1.807, 2.05) is 5.43 Å². The summed E-state index contributed by atoms with van der Waals surface area (Å²) in [5.74, 6) is -3.07. The van der Waals surface area contributed by atoms with Crippen LogP contribution in [0.4, 0.5) is 4.39 Å². The predicted molar refractivity (Wildman–Crippen MR) is 32.1 cm³/mol. The molecule has 0 saturated carbocycles. The zero-order chi connectivity index (χ0) is 7.61. The van der Waals surface area contributed by atoms with Crippen molar-refractivity contribution in [3.8, 4) is 0 Å². The van der Waals surface area contributed by atoms with Gasteiger partial charge in [0, 0.05) is 6.21 Å². The fourth-order valence-corrected chi connectivity index (χ4v) is 0.656. The molecule has 0 saturated heterocycles. The van der Waals surface area contributed by atoms with Gasteiger partial charge in [0.15, 0.2) is 0 Å². The van der Waals surface area contributed by atoms with Crippen LogP contribution in [0.15, 0.2) is 5.10 Å². The molecular formula is C5H7FN2O2. The number of nitrogens with zero attached hydrogens (tertiary/aromatic N) is 1. The molecule has 1 aliphatic heterocycles. The van der Waals surface area contributed by atoms with Crippen LogP contribution < -0.4 is 5.43 Å². The second-order valence-corrected chi connectivity index (χ2v) is 1.92. The third kappa shape index (κ3) is 0.940. The summed E-state index contributed by atoms with van der Waals surface area (Å²) >= 11 is 0. The van der Waals surface area contributed by atoms with Crippen molar-refractivity contribution in [3.63, 3.8) is 0 Å². The van der Waals surface area contributed by atoms with Crippen LogP contribution in [-0.2, 0) is 9.53 Å². The number of hydrogen-bond donors (Lipinski definition) is 1. The van der Waals surface area contributed by atoms with E-state index in [2.05, 4.69) is 9.84 Å². The number of hydrogen-bond acceptors (Lipinski definition) is 4. The first-order valence-electron chi connectivity index (χ1n) is 2.75. The Balaban J connectivity index is 2.61. The lowest BCUT2D eigenvalue weighted by Crippen LogP contribution is -2.43. The first-order valence-corrected chi connectivity index (χ1v) is 2.75. The fourth-order valence-electron chi connectivity index (χ4n) is 0.656. The summed E-state index contributed by atoms with van der Waals surface area (Å²) in [6, 6.07) is 0. The summed E-state index contributed by atoms with van der Waals surface area (Å²) in [4.78, 5) is 10.6. The Morgan fingerprint density at radius 2 is 2.70 bits per heavy atom. The van der Waals surface area contributed by atoms with Crippen molar-refractivity contribution in [1.29, 1.82) is 0 Å². The van der Waals surface area contributed by atoms with E-state index in [9.17, 15) is 9.18 Å². The van der Waals surface area contributed by atoms with Gasteiger partial charge in [0.05, 0.1) is 13.5 Å². The molecule has 10 heavy (non-hydrogen) atoms. The van der Waals surface area contributed by atoms with E-state index >= 15 is 0 Å². The van der Waals surface area contributed by atoms with Gasteiger partial charge in [-0.05, 0) is 0 Å². The third-order valence-corrected chi connectivity index (χ3v) is 1.21. The van der Waals surface area contributed by atoms with Crippen LogP contribution in [0.2, 0.25) is 0 Å². The number of carbonyl (C=O) groups is 1. The zero-order valence-electron chi connectivity index (χ0n) is 5.43. The molecule has 1 N–H and O–H groups in total. The number of halogens is 1. The molecule has 0 aliphatic carbocycles. The molecule has 5 heteroatoms. The highest BCUT2D eigenvalue weighted by molar-refractivity contribution is 5.84. The van der Waals surface area contributed by atoms with Crippen LogP contribution in [0.3, 0.4) is 0 Å². The number of ether oxygens (including phenoxy) is 1. The van der Waals surface area contributed by atoms with Gasteiger partial charge in [-0.1, -0.05) is 0 Å². The summed E-state index contributed by atoms with van der Waals surface area (Å²) in [5, 5.41) is 3.35. The lowest BCUT2D eigenvalue weighted by molar-refractivity contribution is -0.156. The molecule has 4 nitrogen and oxygen atoms in total. The summed E-state index contributed by atoms with van der Waals surface area (Å²) in [5.41, 5.74) is 2.01. The first-order chi connectivity index (χ1) is 4.69. The van der Waals surface area contributed by atoms with E-state index in [1.54, 1.807) is 0 Å². The number of methoxy groups -OCH3 is 1. The molecule has 0 aromatic carbocycles. The van der Waals surface area contributed by atoms with E-state index in [-0.39, 0.29) is 6.42 Å². The SMILES string of the molecule is COC(=O)C1(F)CC=NN1. The summed E-state index contributed by atoms with van der Waals surface area (Å²) in [6.45, 7) is 0. The van der Waals surface area contributed by atoms with Gasteiger partial charge in [-0.2, -0.15) is 5.10 Å². The number of nitrogens with one attached hydrogen (secondary N) is 1. The molecule has 1 aliphatic rings. The summed E-state index contributed by atoms with van der Waals surface area (Å²) in [7, 11) is 1.13. The fraction of sp³-hybridized carbons (Fsp3) is 0.600. The molecule has 0 amide bonds. The van der Waals surface area contributed by atoms with Gasteiger partial charge in [0.1, 0.15) is 0 Å². The van der Waals surface area contributed by atoms with Crippen molar-refractivity contribution >= 4 is 12.2 Å². The lowest BCUT2D eigenvalue weighted by atomic mass is 10.2. The van der Waals surface area contributed by atoms with Crippen LogP contribution in [0.1, 0.15) is 6.42 Å². The standard InChI is InChI=1S/C5H7FN2O2/c1-10-4(9)5(6)2-3-7-8-5/h3,8H,2H2,1H3. The highest BCUT2D eigenvalue weighted by atomic mass is 19.1. The quantitative estimate of drug-likeness (QED) is 0.412. The molecule has 0 fully saturated rings. The van der Waals surface area contributed by atoms with E-state index < -0.39 is 11.8 Å². The minimum atomic E-state index is -2.13. The van der Waals surface area contributed by atoms with Gasteiger partial charge in [-0.3, -0.25) is 5.43 Å². The van der Waals surface area contributed by atoms with Crippen LogP contribution in [-0.4, -0.2) is 25.1 Å². The van der Waals surface area contributed by atoms with Crippen LogP contribution in [0.25, 0.3) is 0 Å². The van der Waals surface area contributed by atoms with Gasteiger partial charge in [0.2, 0.25) is 0 Å². The molecule has 1 atom stereocenters. The average molecular weight is 146 g/mol. The number of alkyl halides is 1. The maximum atomic E-state index is 13.0. The molecule has 0 bridgehead atoms. The zero-order valence-corrected chi connectivity index (χ0v) is 5.43. The van der Waals surface area contributed by atoms with E-state index in [0.717, 1.165) is 7.11 Å². The molecule has 1 rings (SSSR count). The molecule has 0 radical (unpaired) electrons. The Hall–Kier alpha value is -1.13. The molecular weight excluding hydrogens is 139 g/mol. The van der Waals surface area contributed by atoms with Gasteiger partial charge in [0.25, 0.3) is 5.79 Å². The molecule has 1 heterocycles. The molecule has 56 valence electrons. The average Bonchev–Trinajstić information content (AvgIpc) is 2.36. The third-order valence-electron chi connectivity index (χ3n) is 1.21. The minimum Gasteiger partial charge on any atom is -0.465 e. The summed E-state index contributed by atoms with van der Waals surface area (Å²) < 4.78 is 17.2. The van der Waals surface area contributed by atoms with Crippen LogP contribution in [0, 0.1) is 0 Å². The second-order valence-electron chi connectivity index (χ2n) is 1.92. The van der Waals surface area contributed by atoms with Crippen molar-refractivity contribution in [2.75, 3.05) is 7.11 Å². The van der Waals surface area contributed by atoms with Crippen LogP contribution in [0.5, 0.6) is 0 Å². The normalized spacial score (nSPS) is 29.8. The Kier molecular flexibility index (Phi) is 1.57. The van der Waals surface area contributed by atoms with Gasteiger partial charge >= 0.3 is 5.97 Å². The topological polar surface area (TPSA) is 50.7 Å². The van der Waals surface area contributed by atoms with Gasteiger partial charge in [-0.25, -0.2) is 9.18 Å². The molecule has 0 aromatic heterocycles. The Morgan fingerprint density at radius 3 is 3.10 bits per heavy atom. The Bertz CT molecular complexity index is 172.